The first-order valence-corrected chi connectivity index (χ1v) is 11.6. The molecule has 0 saturated carbocycles. The van der Waals surface area contributed by atoms with Crippen LogP contribution in [0.1, 0.15) is 39.6 Å². The second kappa shape index (κ2) is 7.22. The van der Waals surface area contributed by atoms with E-state index in [1.807, 2.05) is 32.9 Å². The third-order valence-corrected chi connectivity index (χ3v) is 7.60. The molecule has 1 aromatic carbocycles. The number of rotatable bonds is 4. The molecule has 2 aromatic heterocycles. The van der Waals surface area contributed by atoms with Crippen LogP contribution in [0.25, 0.3) is 11.0 Å². The Kier molecular flexibility index (Phi) is 4.99. The lowest BCUT2D eigenvalue weighted by Gasteiger charge is -2.26. The zero-order chi connectivity index (χ0) is 20.9. The first-order chi connectivity index (χ1) is 13.6. The van der Waals surface area contributed by atoms with Crippen molar-refractivity contribution in [3.63, 3.8) is 0 Å². The summed E-state index contributed by atoms with van der Waals surface area (Å²) in [6, 6.07) is 6.80. The van der Waals surface area contributed by atoms with E-state index < -0.39 is 15.9 Å². The summed E-state index contributed by atoms with van der Waals surface area (Å²) >= 11 is 6.24. The van der Waals surface area contributed by atoms with E-state index in [2.05, 4.69) is 0 Å². The summed E-state index contributed by atoms with van der Waals surface area (Å²) in [6.45, 7) is 5.69. The number of aryl methyl sites for hydroxylation is 3. The number of carbonyl (C=O) groups excluding carboxylic acids is 1. The van der Waals surface area contributed by atoms with Crippen LogP contribution in [0, 0.1) is 20.8 Å². The molecule has 1 amide bonds. The first kappa shape index (κ1) is 20.0. The van der Waals surface area contributed by atoms with Crippen LogP contribution in [0.4, 0.5) is 0 Å². The van der Waals surface area contributed by atoms with Crippen LogP contribution >= 0.6 is 11.6 Å². The Morgan fingerprint density at radius 1 is 1.21 bits per heavy atom. The monoisotopic (exact) mass is 435 g/mol. The predicted octanol–water partition coefficient (Wildman–Crippen LogP) is 4.43. The van der Waals surface area contributed by atoms with Crippen LogP contribution < -0.4 is 0 Å². The van der Waals surface area contributed by atoms with Gasteiger partial charge in [-0.1, -0.05) is 11.6 Å². The van der Waals surface area contributed by atoms with Gasteiger partial charge in [0.15, 0.2) is 15.6 Å². The van der Waals surface area contributed by atoms with Gasteiger partial charge in [0.05, 0.1) is 18.1 Å². The Bertz CT molecular complexity index is 1210. The van der Waals surface area contributed by atoms with E-state index in [9.17, 15) is 13.2 Å². The average molecular weight is 436 g/mol. The molecule has 0 unspecified atom stereocenters. The molecular weight excluding hydrogens is 414 g/mol. The Balaban J connectivity index is 1.74. The summed E-state index contributed by atoms with van der Waals surface area (Å²) in [5.41, 5.74) is 2.13. The van der Waals surface area contributed by atoms with E-state index in [1.165, 1.54) is 0 Å². The standard InChI is InChI=1S/C21H22ClNO5S/c1-12-8-19-17(9-18(12)22)14(3)20(28-19)21(24)23(10-16-5-4-13(2)27-16)15-6-7-29(25,26)11-15/h4-5,8-9,15H,6-7,10-11H2,1-3H3/t15-/m0/s1. The minimum atomic E-state index is -3.16. The zero-order valence-electron chi connectivity index (χ0n) is 16.5. The smallest absolute Gasteiger partial charge is 0.290 e. The number of amides is 1. The molecular formula is C21H22ClNO5S. The van der Waals surface area contributed by atoms with Gasteiger partial charge >= 0.3 is 0 Å². The number of benzene rings is 1. The van der Waals surface area contributed by atoms with Gasteiger partial charge in [0.2, 0.25) is 0 Å². The molecule has 29 heavy (non-hydrogen) atoms. The van der Waals surface area contributed by atoms with E-state index in [-0.39, 0.29) is 29.7 Å². The van der Waals surface area contributed by atoms with Gasteiger partial charge in [-0.25, -0.2) is 8.42 Å². The van der Waals surface area contributed by atoms with Gasteiger partial charge in [-0.2, -0.15) is 0 Å². The highest BCUT2D eigenvalue weighted by atomic mass is 35.5. The summed E-state index contributed by atoms with van der Waals surface area (Å²) in [7, 11) is -3.16. The third-order valence-electron chi connectivity index (χ3n) is 5.44. The lowest BCUT2D eigenvalue weighted by molar-refractivity contribution is 0.0634. The number of hydrogen-bond donors (Lipinski definition) is 0. The maximum atomic E-state index is 13.5. The van der Waals surface area contributed by atoms with Gasteiger partial charge in [-0.15, -0.1) is 0 Å². The van der Waals surface area contributed by atoms with Crippen LogP contribution in [0.15, 0.2) is 33.1 Å². The van der Waals surface area contributed by atoms with E-state index in [0.29, 0.717) is 28.4 Å². The van der Waals surface area contributed by atoms with Gasteiger partial charge in [-0.3, -0.25) is 4.79 Å². The molecule has 3 heterocycles. The number of halogens is 1. The van der Waals surface area contributed by atoms with Crippen molar-refractivity contribution in [2.45, 2.75) is 39.8 Å². The van der Waals surface area contributed by atoms with Crippen molar-refractivity contribution >= 4 is 38.3 Å². The van der Waals surface area contributed by atoms with E-state index >= 15 is 0 Å². The van der Waals surface area contributed by atoms with Crippen molar-refractivity contribution in [3.8, 4) is 0 Å². The number of fused-ring (bicyclic) bond motifs is 1. The second-order valence-corrected chi connectivity index (χ2v) is 10.3. The molecule has 0 bridgehead atoms. The minimum absolute atomic E-state index is 0.0529. The molecule has 1 atom stereocenters. The summed E-state index contributed by atoms with van der Waals surface area (Å²) in [6.07, 6.45) is 0.401. The molecule has 6 nitrogen and oxygen atoms in total. The number of furan rings is 2. The van der Waals surface area contributed by atoms with Crippen LogP contribution in [0.3, 0.4) is 0 Å². The van der Waals surface area contributed by atoms with Crippen LogP contribution in [0.5, 0.6) is 0 Å². The first-order valence-electron chi connectivity index (χ1n) is 9.40. The third kappa shape index (κ3) is 3.81. The van der Waals surface area contributed by atoms with E-state index in [1.54, 1.807) is 17.0 Å². The second-order valence-electron chi connectivity index (χ2n) is 7.66. The van der Waals surface area contributed by atoms with Gasteiger partial charge in [-0.05, 0) is 57.0 Å². The highest BCUT2D eigenvalue weighted by Crippen LogP contribution is 2.32. The lowest BCUT2D eigenvalue weighted by Crippen LogP contribution is -2.40. The highest BCUT2D eigenvalue weighted by Gasteiger charge is 2.37. The molecule has 0 spiro atoms. The number of sulfone groups is 1. The van der Waals surface area contributed by atoms with Gasteiger partial charge in [0, 0.05) is 22.0 Å². The quantitative estimate of drug-likeness (QED) is 0.605. The van der Waals surface area contributed by atoms with Crippen molar-refractivity contribution in [1.82, 2.24) is 4.90 Å². The van der Waals surface area contributed by atoms with Crippen LogP contribution in [-0.4, -0.2) is 36.8 Å². The topological polar surface area (TPSA) is 80.7 Å². The SMILES string of the molecule is Cc1ccc(CN(C(=O)c2oc3cc(C)c(Cl)cc3c2C)[C@H]2CCS(=O)(=O)C2)o1. The van der Waals surface area contributed by atoms with Crippen molar-refractivity contribution < 1.29 is 22.0 Å². The van der Waals surface area contributed by atoms with E-state index in [4.69, 9.17) is 20.4 Å². The van der Waals surface area contributed by atoms with Crippen LogP contribution in [0.2, 0.25) is 5.02 Å². The Hall–Kier alpha value is -2.25. The highest BCUT2D eigenvalue weighted by molar-refractivity contribution is 7.91. The van der Waals surface area contributed by atoms with Crippen LogP contribution in [-0.2, 0) is 16.4 Å². The minimum Gasteiger partial charge on any atom is -0.464 e. The van der Waals surface area contributed by atoms with E-state index in [0.717, 1.165) is 16.7 Å². The number of carbonyl (C=O) groups is 1. The van der Waals surface area contributed by atoms with Crippen molar-refractivity contribution in [2.75, 3.05) is 11.5 Å². The molecule has 0 radical (unpaired) electrons. The molecule has 1 aliphatic rings. The molecule has 1 aliphatic heterocycles. The summed E-state index contributed by atoms with van der Waals surface area (Å²) < 4.78 is 35.6. The fourth-order valence-electron chi connectivity index (χ4n) is 3.80. The molecule has 154 valence electrons. The summed E-state index contributed by atoms with van der Waals surface area (Å²) in [5.74, 6) is 1.22. The maximum absolute atomic E-state index is 13.5. The Morgan fingerprint density at radius 3 is 2.59 bits per heavy atom. The van der Waals surface area contributed by atoms with Gasteiger partial charge in [0.1, 0.15) is 17.1 Å². The van der Waals surface area contributed by atoms with Gasteiger partial charge < -0.3 is 13.7 Å². The lowest BCUT2D eigenvalue weighted by atomic mass is 10.1. The summed E-state index contributed by atoms with van der Waals surface area (Å²) in [5, 5.41) is 1.38. The van der Waals surface area contributed by atoms with Gasteiger partial charge in [0.25, 0.3) is 5.91 Å². The molecule has 4 rings (SSSR count). The molecule has 8 heteroatoms. The van der Waals surface area contributed by atoms with Crippen molar-refractivity contribution in [1.29, 1.82) is 0 Å². The molecule has 0 aliphatic carbocycles. The van der Waals surface area contributed by atoms with Crippen molar-refractivity contribution in [2.24, 2.45) is 0 Å². The summed E-state index contributed by atoms with van der Waals surface area (Å²) in [4.78, 5) is 15.0. The fraction of sp³-hybridized carbons (Fsp3) is 0.381. The number of hydrogen-bond acceptors (Lipinski definition) is 5. The zero-order valence-corrected chi connectivity index (χ0v) is 18.1. The Morgan fingerprint density at radius 2 is 1.97 bits per heavy atom. The Labute approximate surface area is 174 Å². The van der Waals surface area contributed by atoms with Crippen molar-refractivity contribution in [3.05, 3.63) is 57.7 Å². The molecule has 0 N–H and O–H groups in total. The normalized spacial score (nSPS) is 18.4. The average Bonchev–Trinajstić information content (AvgIpc) is 3.31. The fourth-order valence-corrected chi connectivity index (χ4v) is 5.70. The molecule has 1 fully saturated rings. The predicted molar refractivity (Wildman–Crippen MR) is 111 cm³/mol. The maximum Gasteiger partial charge on any atom is 0.290 e. The molecule has 1 saturated heterocycles. The largest absolute Gasteiger partial charge is 0.464 e. The molecule has 3 aromatic rings. The number of nitrogens with zero attached hydrogens (tertiary/aromatic N) is 1.